The summed E-state index contributed by atoms with van der Waals surface area (Å²) < 4.78 is 32.4. The van der Waals surface area contributed by atoms with Gasteiger partial charge >= 0.3 is 29.6 Å². The van der Waals surface area contributed by atoms with Crippen LogP contribution >= 0.6 is 0 Å². The van der Waals surface area contributed by atoms with Crippen LogP contribution in [0.3, 0.4) is 0 Å². The molecule has 8 heteroatoms. The van der Waals surface area contributed by atoms with Crippen LogP contribution in [0.15, 0.2) is 25.3 Å². The van der Waals surface area contributed by atoms with Crippen LogP contribution in [0.4, 0.5) is 0 Å². The second kappa shape index (κ2) is 10.9. The Kier molecular flexibility index (Phi) is 15.1. The third-order valence-corrected chi connectivity index (χ3v) is 0.956. The number of hydrogen-bond acceptors (Lipinski definition) is 5. The summed E-state index contributed by atoms with van der Waals surface area (Å²) in [4.78, 5) is 9.47. The molecule has 0 aliphatic rings. The molecule has 14 heavy (non-hydrogen) atoms. The molecule has 0 unspecified atom stereocenters. The van der Waals surface area contributed by atoms with E-state index in [0.717, 1.165) is 6.08 Å². The van der Waals surface area contributed by atoms with Crippen molar-refractivity contribution in [1.29, 1.82) is 0 Å². The largest absolute Gasteiger partial charge is 1.00 e. The Bertz CT molecular complexity index is 274. The minimum absolute atomic E-state index is 0. The number of hydrogen-bond donors (Lipinski definition) is 1. The molecule has 0 atom stereocenters. The van der Waals surface area contributed by atoms with Gasteiger partial charge < -0.3 is 10.3 Å². The fourth-order valence-corrected chi connectivity index (χ4v) is 0.394. The standard InChI is InChI=1S/C3H5NO.C3H6O4S.Na/c1-2-3(4)5;1-2-3-7-8(4,5)6;/h2H,1H2,(H2,4,5);2H,1,3H2,(H,4,5,6);/q;;+1/p-1. The first kappa shape index (κ1) is 19.4. The molecule has 0 bridgehead atoms. The smallest absolute Gasteiger partial charge is 0.726 e. The molecule has 0 heterocycles. The average molecular weight is 231 g/mol. The van der Waals surface area contributed by atoms with Crippen molar-refractivity contribution in [2.45, 2.75) is 0 Å². The van der Waals surface area contributed by atoms with Gasteiger partial charge in [-0.25, -0.2) is 8.42 Å². The van der Waals surface area contributed by atoms with Gasteiger partial charge in [0.15, 0.2) is 0 Å². The summed E-state index contributed by atoms with van der Waals surface area (Å²) in [7, 11) is -4.51. The fraction of sp³-hybridized carbons (Fsp3) is 0.167. The van der Waals surface area contributed by atoms with Gasteiger partial charge in [-0.15, -0.1) is 6.58 Å². The van der Waals surface area contributed by atoms with Crippen molar-refractivity contribution in [3.8, 4) is 0 Å². The SMILES string of the molecule is C=CC(N)=O.C=CCOS(=O)(=O)[O-].[Na+]. The van der Waals surface area contributed by atoms with Crippen molar-refractivity contribution in [2.24, 2.45) is 5.73 Å². The molecule has 0 aromatic carbocycles. The zero-order chi connectivity index (χ0) is 10.9. The van der Waals surface area contributed by atoms with Crippen LogP contribution in [0.25, 0.3) is 0 Å². The van der Waals surface area contributed by atoms with Crippen molar-refractivity contribution < 1.29 is 51.5 Å². The van der Waals surface area contributed by atoms with Gasteiger partial charge in [-0.3, -0.25) is 8.98 Å². The molecule has 0 aromatic rings. The molecule has 0 aromatic heterocycles. The number of nitrogens with two attached hydrogens (primary N) is 1. The van der Waals surface area contributed by atoms with E-state index in [2.05, 4.69) is 23.1 Å². The number of rotatable bonds is 4. The van der Waals surface area contributed by atoms with Gasteiger partial charge in [0.1, 0.15) is 0 Å². The molecule has 0 fully saturated rings. The quantitative estimate of drug-likeness (QED) is 0.176. The number of primary amides is 1. The van der Waals surface area contributed by atoms with Crippen LogP contribution in [0.5, 0.6) is 0 Å². The van der Waals surface area contributed by atoms with Gasteiger partial charge in [0.05, 0.1) is 6.61 Å². The van der Waals surface area contributed by atoms with Gasteiger partial charge in [-0.05, 0) is 6.08 Å². The molecule has 0 spiro atoms. The van der Waals surface area contributed by atoms with E-state index in [0.29, 0.717) is 0 Å². The molecule has 6 nitrogen and oxygen atoms in total. The molecular formula is C6H10NNaO5S. The van der Waals surface area contributed by atoms with Gasteiger partial charge in [0, 0.05) is 0 Å². The van der Waals surface area contributed by atoms with E-state index < -0.39 is 16.3 Å². The molecule has 0 radical (unpaired) electrons. The van der Waals surface area contributed by atoms with Crippen molar-refractivity contribution in [3.63, 3.8) is 0 Å². The number of carbonyl (C=O) groups excluding carboxylic acids is 1. The Morgan fingerprint density at radius 2 is 1.86 bits per heavy atom. The van der Waals surface area contributed by atoms with E-state index in [-0.39, 0.29) is 36.2 Å². The minimum atomic E-state index is -4.51. The molecule has 2 N–H and O–H groups in total. The second-order valence-corrected chi connectivity index (χ2v) is 2.64. The Balaban J connectivity index is -0.000000177. The van der Waals surface area contributed by atoms with E-state index in [4.69, 9.17) is 0 Å². The van der Waals surface area contributed by atoms with E-state index in [1.807, 2.05) is 0 Å². The van der Waals surface area contributed by atoms with Crippen molar-refractivity contribution in [2.75, 3.05) is 6.61 Å². The average Bonchev–Trinajstić information content (AvgIpc) is 2.00. The molecule has 0 rings (SSSR count). The maximum atomic E-state index is 9.56. The summed E-state index contributed by atoms with van der Waals surface area (Å²) in [5, 5.41) is 0. The Morgan fingerprint density at radius 3 is 1.93 bits per heavy atom. The monoisotopic (exact) mass is 231 g/mol. The number of carbonyl (C=O) groups is 1. The Labute approximate surface area is 105 Å². The molecule has 76 valence electrons. The summed E-state index contributed by atoms with van der Waals surface area (Å²) in [5.74, 6) is -0.481. The van der Waals surface area contributed by atoms with Crippen LogP contribution in [0.2, 0.25) is 0 Å². The molecule has 0 aliphatic heterocycles. The summed E-state index contributed by atoms with van der Waals surface area (Å²) in [6.07, 6.45) is 2.23. The Hall–Kier alpha value is -0.180. The van der Waals surface area contributed by atoms with Gasteiger partial charge in [-0.2, -0.15) is 0 Å². The number of amides is 1. The molecule has 0 saturated carbocycles. The van der Waals surface area contributed by atoms with Gasteiger partial charge in [0.25, 0.3) is 0 Å². The molecule has 0 saturated heterocycles. The van der Waals surface area contributed by atoms with Gasteiger partial charge in [0.2, 0.25) is 16.3 Å². The van der Waals surface area contributed by atoms with E-state index >= 15 is 0 Å². The van der Waals surface area contributed by atoms with E-state index in [1.54, 1.807) is 0 Å². The summed E-state index contributed by atoms with van der Waals surface area (Å²) in [6.45, 7) is 5.96. The summed E-state index contributed by atoms with van der Waals surface area (Å²) >= 11 is 0. The first-order valence-corrected chi connectivity index (χ1v) is 4.29. The van der Waals surface area contributed by atoms with E-state index in [1.165, 1.54) is 6.08 Å². The maximum Gasteiger partial charge on any atom is 1.00 e. The second-order valence-electron chi connectivity index (χ2n) is 1.59. The Morgan fingerprint density at radius 1 is 1.50 bits per heavy atom. The van der Waals surface area contributed by atoms with Crippen molar-refractivity contribution in [1.82, 2.24) is 0 Å². The van der Waals surface area contributed by atoms with Crippen LogP contribution in [-0.4, -0.2) is 25.5 Å². The van der Waals surface area contributed by atoms with Crippen molar-refractivity contribution in [3.05, 3.63) is 25.3 Å². The van der Waals surface area contributed by atoms with Crippen LogP contribution in [-0.2, 0) is 19.4 Å². The van der Waals surface area contributed by atoms with Gasteiger partial charge in [-0.1, -0.05) is 12.7 Å². The predicted octanol–water partition coefficient (Wildman–Crippen LogP) is -3.69. The van der Waals surface area contributed by atoms with Crippen LogP contribution < -0.4 is 35.3 Å². The third-order valence-electron chi connectivity index (χ3n) is 0.531. The van der Waals surface area contributed by atoms with E-state index in [9.17, 15) is 17.8 Å². The normalized spacial score (nSPS) is 8.64. The minimum Gasteiger partial charge on any atom is -0.726 e. The molecule has 1 amide bonds. The molecule has 0 aliphatic carbocycles. The summed E-state index contributed by atoms with van der Waals surface area (Å²) in [5.41, 5.74) is 4.53. The first-order valence-electron chi connectivity index (χ1n) is 2.96. The topological polar surface area (TPSA) is 110 Å². The van der Waals surface area contributed by atoms with Crippen molar-refractivity contribution >= 4 is 16.3 Å². The van der Waals surface area contributed by atoms with Crippen LogP contribution in [0.1, 0.15) is 0 Å². The predicted molar refractivity (Wildman–Crippen MR) is 45.2 cm³/mol. The summed E-state index contributed by atoms with van der Waals surface area (Å²) in [6, 6.07) is 0. The fourth-order valence-electron chi connectivity index (χ4n) is 0.131. The molecular weight excluding hydrogens is 221 g/mol. The third kappa shape index (κ3) is 29.8. The zero-order valence-electron chi connectivity index (χ0n) is 7.80. The first-order chi connectivity index (χ1) is 5.83. The van der Waals surface area contributed by atoms with Crippen LogP contribution in [0, 0.1) is 0 Å². The zero-order valence-corrected chi connectivity index (χ0v) is 10.6. The maximum absolute atomic E-state index is 9.56.